The van der Waals surface area contributed by atoms with Crippen molar-refractivity contribution < 1.29 is 9.53 Å². The maximum Gasteiger partial charge on any atom is 0.229 e. The van der Waals surface area contributed by atoms with E-state index in [0.717, 1.165) is 57.6 Å². The molecule has 0 aliphatic carbocycles. The molecule has 9 heteroatoms. The van der Waals surface area contributed by atoms with Gasteiger partial charge in [-0.3, -0.25) is 4.79 Å². The first-order valence-corrected chi connectivity index (χ1v) is 11.5. The van der Waals surface area contributed by atoms with E-state index in [-0.39, 0.29) is 11.8 Å². The maximum atomic E-state index is 12.5. The molecular weight excluding hydrogens is 437 g/mol. The summed E-state index contributed by atoms with van der Waals surface area (Å²) in [4.78, 5) is 21.5. The van der Waals surface area contributed by atoms with E-state index in [1.54, 1.807) is 18.3 Å². The van der Waals surface area contributed by atoms with Gasteiger partial charge in [0, 0.05) is 38.1 Å². The Morgan fingerprint density at radius 2 is 2.03 bits per heavy atom. The first kappa shape index (κ1) is 22.3. The molecular formula is C22H27Cl2N5O2. The van der Waals surface area contributed by atoms with Crippen LogP contribution >= 0.6 is 23.2 Å². The number of rotatable bonds is 6. The van der Waals surface area contributed by atoms with E-state index < -0.39 is 0 Å². The van der Waals surface area contributed by atoms with E-state index in [1.165, 1.54) is 0 Å². The van der Waals surface area contributed by atoms with E-state index in [0.29, 0.717) is 39.8 Å². The average molecular weight is 464 g/mol. The number of halogens is 2. The van der Waals surface area contributed by atoms with Gasteiger partial charge in [-0.2, -0.15) is 0 Å². The number of carbonyl (C=O) groups is 1. The Bertz CT molecular complexity index is 915. The summed E-state index contributed by atoms with van der Waals surface area (Å²) in [5, 5.41) is 10.5. The van der Waals surface area contributed by atoms with Gasteiger partial charge in [0.2, 0.25) is 5.91 Å². The third kappa shape index (κ3) is 5.86. The number of pyridine rings is 2. The molecule has 7 nitrogen and oxygen atoms in total. The molecule has 0 aromatic carbocycles. The Morgan fingerprint density at radius 3 is 2.81 bits per heavy atom. The van der Waals surface area contributed by atoms with Gasteiger partial charge in [-0.1, -0.05) is 23.2 Å². The number of nitrogens with zero attached hydrogens (tertiary/aromatic N) is 2. The lowest BCUT2D eigenvalue weighted by molar-refractivity contribution is -0.120. The standard InChI is InChI=1S/C22H27Cl2N5O2/c23-17-11-18(24)21(27-12-14-4-8-31-9-5-14)29-20(17)15-3-7-26-19(10-15)28-22(30)16-2-1-6-25-13-16/h3,7,10-11,14,16,25H,1-2,4-6,8-9,12-13H2,(H,27,29)(H,26,28,30)/t16-/m1/s1. The Labute approximate surface area is 192 Å². The molecule has 4 heterocycles. The van der Waals surface area contributed by atoms with Gasteiger partial charge >= 0.3 is 0 Å². The zero-order chi connectivity index (χ0) is 21.6. The summed E-state index contributed by atoms with van der Waals surface area (Å²) in [6.07, 6.45) is 5.57. The zero-order valence-corrected chi connectivity index (χ0v) is 18.8. The lowest BCUT2D eigenvalue weighted by Crippen LogP contribution is -2.37. The van der Waals surface area contributed by atoms with Crippen LogP contribution in [-0.2, 0) is 9.53 Å². The average Bonchev–Trinajstić information content (AvgIpc) is 2.80. The number of amides is 1. The molecule has 0 saturated carbocycles. The zero-order valence-electron chi connectivity index (χ0n) is 17.3. The molecule has 2 aliphatic heterocycles. The van der Waals surface area contributed by atoms with E-state index in [9.17, 15) is 4.79 Å². The van der Waals surface area contributed by atoms with Crippen LogP contribution in [0.25, 0.3) is 11.3 Å². The number of aromatic nitrogens is 2. The smallest absolute Gasteiger partial charge is 0.229 e. The highest BCUT2D eigenvalue weighted by molar-refractivity contribution is 6.37. The topological polar surface area (TPSA) is 88.2 Å². The summed E-state index contributed by atoms with van der Waals surface area (Å²) in [6.45, 7) is 4.02. The number of ether oxygens (including phenoxy) is 1. The van der Waals surface area contributed by atoms with E-state index in [1.807, 2.05) is 6.07 Å². The summed E-state index contributed by atoms with van der Waals surface area (Å²) >= 11 is 12.8. The van der Waals surface area contributed by atoms with E-state index >= 15 is 0 Å². The quantitative estimate of drug-likeness (QED) is 0.593. The van der Waals surface area contributed by atoms with Crippen LogP contribution in [0.2, 0.25) is 10.0 Å². The van der Waals surface area contributed by atoms with Crippen molar-refractivity contribution in [1.29, 1.82) is 0 Å². The van der Waals surface area contributed by atoms with Gasteiger partial charge in [0.25, 0.3) is 0 Å². The molecule has 1 atom stereocenters. The molecule has 1 amide bonds. The minimum Gasteiger partial charge on any atom is -0.381 e. The fourth-order valence-corrected chi connectivity index (χ4v) is 4.47. The molecule has 0 bridgehead atoms. The molecule has 31 heavy (non-hydrogen) atoms. The first-order valence-electron chi connectivity index (χ1n) is 10.8. The number of nitrogens with one attached hydrogen (secondary N) is 3. The fourth-order valence-electron chi connectivity index (χ4n) is 3.93. The second kappa shape index (κ2) is 10.6. The minimum atomic E-state index is -0.0440. The van der Waals surface area contributed by atoms with Gasteiger partial charge in [-0.15, -0.1) is 0 Å². The van der Waals surface area contributed by atoms with Crippen molar-refractivity contribution in [2.24, 2.45) is 11.8 Å². The highest BCUT2D eigenvalue weighted by Gasteiger charge is 2.22. The van der Waals surface area contributed by atoms with Crippen molar-refractivity contribution in [3.8, 4) is 11.3 Å². The van der Waals surface area contributed by atoms with Gasteiger partial charge in [0.1, 0.15) is 11.6 Å². The van der Waals surface area contributed by atoms with Crippen molar-refractivity contribution in [3.63, 3.8) is 0 Å². The molecule has 3 N–H and O–H groups in total. The van der Waals surface area contributed by atoms with Gasteiger partial charge in [0.05, 0.1) is 21.7 Å². The summed E-state index contributed by atoms with van der Waals surface area (Å²) in [5.41, 5.74) is 1.36. The molecule has 166 valence electrons. The number of carbonyl (C=O) groups excluding carboxylic acids is 1. The van der Waals surface area contributed by atoms with Gasteiger partial charge < -0.3 is 20.7 Å². The van der Waals surface area contributed by atoms with Crippen LogP contribution < -0.4 is 16.0 Å². The monoisotopic (exact) mass is 463 g/mol. The molecule has 2 aromatic heterocycles. The lowest BCUT2D eigenvalue weighted by Gasteiger charge is -2.23. The number of anilines is 2. The third-order valence-electron chi connectivity index (χ3n) is 5.78. The largest absolute Gasteiger partial charge is 0.381 e. The minimum absolute atomic E-state index is 0.0224. The van der Waals surface area contributed by atoms with Crippen LogP contribution in [0.3, 0.4) is 0 Å². The predicted octanol–water partition coefficient (Wildman–Crippen LogP) is 4.23. The number of hydrogen-bond acceptors (Lipinski definition) is 6. The molecule has 2 aromatic rings. The third-order valence-corrected chi connectivity index (χ3v) is 6.36. The van der Waals surface area contributed by atoms with Crippen molar-refractivity contribution >= 4 is 40.7 Å². The van der Waals surface area contributed by atoms with Crippen molar-refractivity contribution in [1.82, 2.24) is 15.3 Å². The van der Waals surface area contributed by atoms with E-state index in [4.69, 9.17) is 27.9 Å². The summed E-state index contributed by atoms with van der Waals surface area (Å²) in [6, 6.07) is 5.31. The normalized spacial score (nSPS) is 19.7. The van der Waals surface area contributed by atoms with Gasteiger partial charge in [0.15, 0.2) is 0 Å². The van der Waals surface area contributed by atoms with Crippen LogP contribution in [-0.4, -0.2) is 48.7 Å². The van der Waals surface area contributed by atoms with Crippen molar-refractivity contribution in [2.45, 2.75) is 25.7 Å². The SMILES string of the molecule is O=C(Nc1cc(-c2nc(NCC3CCOCC3)c(Cl)cc2Cl)ccn1)[C@@H]1CCCNC1. The summed E-state index contributed by atoms with van der Waals surface area (Å²) in [5.74, 6) is 1.55. The molecule has 0 unspecified atom stereocenters. The summed E-state index contributed by atoms with van der Waals surface area (Å²) < 4.78 is 5.42. The van der Waals surface area contributed by atoms with Gasteiger partial charge in [-0.25, -0.2) is 9.97 Å². The fraction of sp³-hybridized carbons (Fsp3) is 0.500. The van der Waals surface area contributed by atoms with Gasteiger partial charge in [-0.05, 0) is 56.3 Å². The molecule has 0 radical (unpaired) electrons. The van der Waals surface area contributed by atoms with Crippen molar-refractivity contribution in [2.75, 3.05) is 43.5 Å². The number of hydrogen-bond donors (Lipinski definition) is 3. The van der Waals surface area contributed by atoms with Crippen molar-refractivity contribution in [3.05, 3.63) is 34.4 Å². The molecule has 0 spiro atoms. The predicted molar refractivity (Wildman–Crippen MR) is 124 cm³/mol. The molecule has 2 fully saturated rings. The maximum absolute atomic E-state index is 12.5. The second-order valence-electron chi connectivity index (χ2n) is 8.05. The Kier molecular flexibility index (Phi) is 7.61. The summed E-state index contributed by atoms with van der Waals surface area (Å²) in [7, 11) is 0. The lowest BCUT2D eigenvalue weighted by atomic mass is 9.99. The van der Waals surface area contributed by atoms with E-state index in [2.05, 4.69) is 25.9 Å². The Morgan fingerprint density at radius 1 is 1.19 bits per heavy atom. The Balaban J connectivity index is 1.49. The van der Waals surface area contributed by atoms with Crippen LogP contribution in [0.4, 0.5) is 11.6 Å². The first-order chi connectivity index (χ1) is 15.1. The van der Waals surface area contributed by atoms with Crippen LogP contribution in [0, 0.1) is 11.8 Å². The van der Waals surface area contributed by atoms with Crippen LogP contribution in [0.1, 0.15) is 25.7 Å². The number of piperidine rings is 1. The highest BCUT2D eigenvalue weighted by Crippen LogP contribution is 2.33. The highest BCUT2D eigenvalue weighted by atomic mass is 35.5. The van der Waals surface area contributed by atoms with Crippen LogP contribution in [0.5, 0.6) is 0 Å². The molecule has 4 rings (SSSR count). The van der Waals surface area contributed by atoms with Crippen LogP contribution in [0.15, 0.2) is 24.4 Å². The Hall–Kier alpha value is -1.93. The molecule has 2 saturated heterocycles. The second-order valence-corrected chi connectivity index (χ2v) is 8.86. The molecule has 2 aliphatic rings.